The van der Waals surface area contributed by atoms with E-state index in [0.29, 0.717) is 0 Å². The molecule has 0 aliphatic carbocycles. The average molecular weight is 167 g/mol. The molecule has 0 unspecified atom stereocenters. The fourth-order valence-electron chi connectivity index (χ4n) is 0.620. The molecule has 12 heavy (non-hydrogen) atoms. The van der Waals surface area contributed by atoms with Gasteiger partial charge in [0.2, 0.25) is 0 Å². The van der Waals surface area contributed by atoms with Crippen molar-refractivity contribution in [2.75, 3.05) is 13.1 Å². The van der Waals surface area contributed by atoms with E-state index in [1.807, 2.05) is 26.0 Å². The third-order valence-corrected chi connectivity index (χ3v) is 1.17. The van der Waals surface area contributed by atoms with Crippen LogP contribution in [-0.4, -0.2) is 13.1 Å². The predicted octanol–water partition coefficient (Wildman–Crippen LogP) is 2.92. The van der Waals surface area contributed by atoms with E-state index in [2.05, 4.69) is 25.4 Å². The van der Waals surface area contributed by atoms with Crippen molar-refractivity contribution >= 4 is 0 Å². The molecule has 0 aromatic rings. The van der Waals surface area contributed by atoms with Crippen LogP contribution < -0.4 is 5.32 Å². The summed E-state index contributed by atoms with van der Waals surface area (Å²) >= 11 is 0. The normalized spacial score (nSPS) is 9.75. The lowest BCUT2D eigenvalue weighted by atomic mass is 10.2. The number of rotatable bonds is 5. The summed E-state index contributed by atoms with van der Waals surface area (Å²) in [5.41, 5.74) is 1.18. The maximum atomic E-state index is 3.68. The highest BCUT2D eigenvalue weighted by Crippen LogP contribution is 1.92. The Hall–Kier alpha value is -0.820. The standard InChI is InChI=1S/C9H15N.C2H6/c1-4-7-9(5-2)8-10-6-3;1-2/h4-5,7,10H,1-2,6,8H2,3H3;1-2H3/b9-7+;. The summed E-state index contributed by atoms with van der Waals surface area (Å²) in [6, 6.07) is 0. The van der Waals surface area contributed by atoms with Gasteiger partial charge in [-0.3, -0.25) is 0 Å². The molecule has 0 aliphatic heterocycles. The highest BCUT2D eigenvalue weighted by Gasteiger charge is 1.85. The number of hydrogen-bond acceptors (Lipinski definition) is 1. The third kappa shape index (κ3) is 9.18. The van der Waals surface area contributed by atoms with Crippen LogP contribution in [0.4, 0.5) is 0 Å². The fraction of sp³-hybridized carbons (Fsp3) is 0.455. The summed E-state index contributed by atoms with van der Waals surface area (Å²) in [6.07, 6.45) is 5.56. The quantitative estimate of drug-likeness (QED) is 0.621. The largest absolute Gasteiger partial charge is 0.313 e. The van der Waals surface area contributed by atoms with Crippen molar-refractivity contribution in [3.8, 4) is 0 Å². The van der Waals surface area contributed by atoms with E-state index >= 15 is 0 Å². The Morgan fingerprint density at radius 3 is 2.25 bits per heavy atom. The molecule has 0 aliphatic rings. The lowest BCUT2D eigenvalue weighted by Gasteiger charge is -1.99. The third-order valence-electron chi connectivity index (χ3n) is 1.17. The number of hydrogen-bond donors (Lipinski definition) is 1. The zero-order valence-electron chi connectivity index (χ0n) is 8.56. The molecule has 1 heteroatoms. The van der Waals surface area contributed by atoms with Crippen molar-refractivity contribution in [2.45, 2.75) is 20.8 Å². The van der Waals surface area contributed by atoms with Gasteiger partial charge in [0.05, 0.1) is 0 Å². The Balaban J connectivity index is 0. The molecule has 0 spiro atoms. The molecule has 0 radical (unpaired) electrons. The van der Waals surface area contributed by atoms with E-state index in [-0.39, 0.29) is 0 Å². The van der Waals surface area contributed by atoms with Gasteiger partial charge in [0.25, 0.3) is 0 Å². The molecule has 1 N–H and O–H groups in total. The van der Waals surface area contributed by atoms with Crippen molar-refractivity contribution in [3.63, 3.8) is 0 Å². The van der Waals surface area contributed by atoms with E-state index in [1.54, 1.807) is 6.08 Å². The maximum absolute atomic E-state index is 3.68. The minimum atomic E-state index is 0.881. The summed E-state index contributed by atoms with van der Waals surface area (Å²) < 4.78 is 0. The predicted molar refractivity (Wildman–Crippen MR) is 58.4 cm³/mol. The van der Waals surface area contributed by atoms with Crippen LogP contribution in [0.5, 0.6) is 0 Å². The van der Waals surface area contributed by atoms with Crippen molar-refractivity contribution in [1.29, 1.82) is 0 Å². The Labute approximate surface area is 76.9 Å². The van der Waals surface area contributed by atoms with Crippen LogP contribution in [0.2, 0.25) is 0 Å². The Bertz CT molecular complexity index is 134. The highest BCUT2D eigenvalue weighted by molar-refractivity contribution is 5.22. The van der Waals surface area contributed by atoms with Gasteiger partial charge in [-0.05, 0) is 12.1 Å². The minimum Gasteiger partial charge on any atom is -0.313 e. The summed E-state index contributed by atoms with van der Waals surface area (Å²) in [5, 5.41) is 3.20. The number of likely N-dealkylation sites (N-methyl/N-ethyl adjacent to an activating group) is 1. The molecule has 0 saturated heterocycles. The lowest BCUT2D eigenvalue weighted by Crippen LogP contribution is -2.14. The van der Waals surface area contributed by atoms with Gasteiger partial charge in [0.15, 0.2) is 0 Å². The maximum Gasteiger partial charge on any atom is 0.0205 e. The van der Waals surface area contributed by atoms with Crippen LogP contribution in [0.25, 0.3) is 0 Å². The van der Waals surface area contributed by atoms with Crippen LogP contribution in [0, 0.1) is 0 Å². The van der Waals surface area contributed by atoms with Crippen molar-refractivity contribution in [2.24, 2.45) is 0 Å². The van der Waals surface area contributed by atoms with Crippen LogP contribution in [0.15, 0.2) is 37.0 Å². The molecular formula is C11H21N. The fourth-order valence-corrected chi connectivity index (χ4v) is 0.620. The number of nitrogens with one attached hydrogen (secondary N) is 1. The van der Waals surface area contributed by atoms with Gasteiger partial charge < -0.3 is 5.32 Å². The van der Waals surface area contributed by atoms with E-state index in [9.17, 15) is 0 Å². The Kier molecular flexibility index (Phi) is 14.7. The molecule has 0 rings (SSSR count). The van der Waals surface area contributed by atoms with E-state index in [0.717, 1.165) is 13.1 Å². The monoisotopic (exact) mass is 167 g/mol. The second kappa shape index (κ2) is 12.8. The lowest BCUT2D eigenvalue weighted by molar-refractivity contribution is 0.785. The molecule has 0 aromatic carbocycles. The summed E-state index contributed by atoms with van der Waals surface area (Å²) in [6.45, 7) is 15.2. The van der Waals surface area contributed by atoms with E-state index in [4.69, 9.17) is 0 Å². The van der Waals surface area contributed by atoms with Gasteiger partial charge in [-0.15, -0.1) is 0 Å². The summed E-state index contributed by atoms with van der Waals surface area (Å²) in [7, 11) is 0. The van der Waals surface area contributed by atoms with Gasteiger partial charge in [-0.25, -0.2) is 0 Å². The Morgan fingerprint density at radius 1 is 1.33 bits per heavy atom. The molecule has 70 valence electrons. The first kappa shape index (κ1) is 13.7. The molecule has 0 aromatic heterocycles. The molecule has 0 heterocycles. The summed E-state index contributed by atoms with van der Waals surface area (Å²) in [5.74, 6) is 0. The molecule has 0 atom stereocenters. The first-order chi connectivity index (χ1) is 5.85. The van der Waals surface area contributed by atoms with E-state index < -0.39 is 0 Å². The highest BCUT2D eigenvalue weighted by atomic mass is 14.8. The second-order valence-electron chi connectivity index (χ2n) is 1.96. The smallest absolute Gasteiger partial charge is 0.0205 e. The van der Waals surface area contributed by atoms with Crippen LogP contribution in [-0.2, 0) is 0 Å². The van der Waals surface area contributed by atoms with Gasteiger partial charge in [0, 0.05) is 6.54 Å². The SMILES string of the molecule is C=C/C=C(\C=C)CNCC.CC. The summed E-state index contributed by atoms with van der Waals surface area (Å²) in [4.78, 5) is 0. The molecule has 0 amide bonds. The van der Waals surface area contributed by atoms with Crippen LogP contribution in [0.1, 0.15) is 20.8 Å². The van der Waals surface area contributed by atoms with Crippen molar-refractivity contribution in [1.82, 2.24) is 5.32 Å². The second-order valence-corrected chi connectivity index (χ2v) is 1.96. The number of allylic oxidation sites excluding steroid dienone is 2. The van der Waals surface area contributed by atoms with Gasteiger partial charge in [0.1, 0.15) is 0 Å². The minimum absolute atomic E-state index is 0.881. The van der Waals surface area contributed by atoms with Crippen LogP contribution >= 0.6 is 0 Å². The Morgan fingerprint density at radius 2 is 1.92 bits per heavy atom. The molecule has 0 bridgehead atoms. The average Bonchev–Trinajstić information content (AvgIpc) is 2.15. The first-order valence-electron chi connectivity index (χ1n) is 4.49. The first-order valence-corrected chi connectivity index (χ1v) is 4.49. The van der Waals surface area contributed by atoms with Gasteiger partial charge in [-0.2, -0.15) is 0 Å². The zero-order chi connectivity index (χ0) is 9.82. The van der Waals surface area contributed by atoms with E-state index in [1.165, 1.54) is 5.57 Å². The van der Waals surface area contributed by atoms with Crippen molar-refractivity contribution in [3.05, 3.63) is 37.0 Å². The topological polar surface area (TPSA) is 12.0 Å². The van der Waals surface area contributed by atoms with Crippen LogP contribution in [0.3, 0.4) is 0 Å². The van der Waals surface area contributed by atoms with Gasteiger partial charge in [-0.1, -0.05) is 52.2 Å². The van der Waals surface area contributed by atoms with Crippen molar-refractivity contribution < 1.29 is 0 Å². The molecule has 1 nitrogen and oxygen atoms in total. The molecule has 0 saturated carbocycles. The zero-order valence-corrected chi connectivity index (χ0v) is 8.56. The van der Waals surface area contributed by atoms with Gasteiger partial charge >= 0.3 is 0 Å². The molecule has 0 fully saturated rings. The molecular weight excluding hydrogens is 146 g/mol.